The zero-order valence-electron chi connectivity index (χ0n) is 17.9. The molecular formula is C20H43NO5S. The third kappa shape index (κ3) is 18.9. The van der Waals surface area contributed by atoms with Crippen LogP contribution in [0.25, 0.3) is 0 Å². The molecule has 0 spiro atoms. The summed E-state index contributed by atoms with van der Waals surface area (Å²) in [4.78, 5) is 0. The van der Waals surface area contributed by atoms with E-state index in [0.717, 1.165) is 20.3 Å². The highest BCUT2D eigenvalue weighted by Gasteiger charge is 2.23. The molecule has 0 amide bonds. The molecule has 1 rings (SSSR count). The Morgan fingerprint density at radius 1 is 0.852 bits per heavy atom. The normalized spacial score (nSPS) is 16.6. The lowest BCUT2D eigenvalue weighted by molar-refractivity contribution is -0.917. The zero-order valence-corrected chi connectivity index (χ0v) is 18.7. The van der Waals surface area contributed by atoms with Gasteiger partial charge in [-0.2, -0.15) is 0 Å². The molecule has 164 valence electrons. The summed E-state index contributed by atoms with van der Waals surface area (Å²) in [5, 5.41) is 0. The van der Waals surface area contributed by atoms with E-state index in [4.69, 9.17) is 4.74 Å². The molecule has 0 aliphatic carbocycles. The molecule has 0 aromatic heterocycles. The summed E-state index contributed by atoms with van der Waals surface area (Å²) in [5.41, 5.74) is 0. The fourth-order valence-corrected chi connectivity index (χ4v) is 3.34. The first-order valence-electron chi connectivity index (χ1n) is 10.8. The van der Waals surface area contributed by atoms with E-state index in [1.54, 1.807) is 0 Å². The van der Waals surface area contributed by atoms with Crippen molar-refractivity contribution in [2.75, 3.05) is 47.0 Å². The summed E-state index contributed by atoms with van der Waals surface area (Å²) in [6.45, 7) is 8.03. The lowest BCUT2D eigenvalue weighted by Gasteiger charge is -2.37. The number of ether oxygens (including phenoxy) is 1. The van der Waals surface area contributed by atoms with E-state index in [0.29, 0.717) is 0 Å². The van der Waals surface area contributed by atoms with Crippen molar-refractivity contribution in [3.63, 3.8) is 0 Å². The third-order valence-corrected chi connectivity index (χ3v) is 5.71. The van der Waals surface area contributed by atoms with Crippen LogP contribution < -0.4 is 0 Å². The van der Waals surface area contributed by atoms with E-state index in [9.17, 15) is 13.0 Å². The molecule has 0 saturated carbocycles. The van der Waals surface area contributed by atoms with Crippen LogP contribution in [0.3, 0.4) is 0 Å². The number of hydrogen-bond donors (Lipinski definition) is 0. The van der Waals surface area contributed by atoms with E-state index in [2.05, 4.69) is 18.2 Å². The summed E-state index contributed by atoms with van der Waals surface area (Å²) < 4.78 is 37.7. The highest BCUT2D eigenvalue weighted by molar-refractivity contribution is 7.80. The molecular weight excluding hydrogens is 366 g/mol. The van der Waals surface area contributed by atoms with Crippen LogP contribution in [0.1, 0.15) is 84.0 Å². The van der Waals surface area contributed by atoms with Gasteiger partial charge in [0.25, 0.3) is 0 Å². The quantitative estimate of drug-likeness (QED) is 0.185. The SMILES string of the molecule is CCCCCCCCCCCCCC[N+]1(C)CCOCC1.COS(=O)(=O)[O-]. The molecule has 0 bridgehead atoms. The summed E-state index contributed by atoms with van der Waals surface area (Å²) in [5.74, 6) is 0. The standard InChI is InChI=1S/C19H40NO.CH4O4S/c1-3-4-5-6-7-8-9-10-11-12-13-14-15-20(2)16-18-21-19-17-20;1-5-6(2,3)4/h3-19H2,1-2H3;1H3,(H,2,3,4)/q+1;/p-1. The van der Waals surface area contributed by atoms with Crippen molar-refractivity contribution in [3.05, 3.63) is 0 Å². The van der Waals surface area contributed by atoms with Crippen LogP contribution in [0, 0.1) is 0 Å². The fourth-order valence-electron chi connectivity index (χ4n) is 3.34. The van der Waals surface area contributed by atoms with Gasteiger partial charge >= 0.3 is 0 Å². The van der Waals surface area contributed by atoms with Gasteiger partial charge in [0.15, 0.2) is 0 Å². The van der Waals surface area contributed by atoms with Gasteiger partial charge < -0.3 is 13.8 Å². The first-order chi connectivity index (χ1) is 12.8. The monoisotopic (exact) mass is 409 g/mol. The van der Waals surface area contributed by atoms with Gasteiger partial charge in [-0.15, -0.1) is 0 Å². The topological polar surface area (TPSA) is 75.7 Å². The molecule has 7 heteroatoms. The minimum atomic E-state index is -4.41. The predicted molar refractivity (Wildman–Crippen MR) is 109 cm³/mol. The van der Waals surface area contributed by atoms with Gasteiger partial charge in [-0.1, -0.05) is 71.1 Å². The maximum absolute atomic E-state index is 9.22. The van der Waals surface area contributed by atoms with E-state index >= 15 is 0 Å². The number of quaternary nitrogens is 1. The molecule has 0 atom stereocenters. The van der Waals surface area contributed by atoms with Crippen molar-refractivity contribution in [2.45, 2.75) is 84.0 Å². The molecule has 1 fully saturated rings. The van der Waals surface area contributed by atoms with Crippen LogP contribution in [-0.4, -0.2) is 64.5 Å². The van der Waals surface area contributed by atoms with Gasteiger partial charge in [-0.25, -0.2) is 8.42 Å². The molecule has 0 unspecified atom stereocenters. The van der Waals surface area contributed by atoms with Crippen LogP contribution in [0.4, 0.5) is 0 Å². The van der Waals surface area contributed by atoms with E-state index in [-0.39, 0.29) is 0 Å². The van der Waals surface area contributed by atoms with Crippen LogP contribution in [0.5, 0.6) is 0 Å². The van der Waals surface area contributed by atoms with Crippen molar-refractivity contribution in [1.29, 1.82) is 0 Å². The van der Waals surface area contributed by atoms with E-state index in [1.807, 2.05) is 0 Å². The summed E-state index contributed by atoms with van der Waals surface area (Å²) in [7, 11) is -1.20. The number of likely N-dealkylation sites (N-methyl/N-ethyl adjacent to an activating group) is 1. The number of nitrogens with zero attached hydrogens (tertiary/aromatic N) is 1. The second-order valence-electron chi connectivity index (χ2n) is 7.87. The molecule has 1 saturated heterocycles. The largest absolute Gasteiger partial charge is 0.726 e. The Labute approximate surface area is 168 Å². The average Bonchev–Trinajstić information content (AvgIpc) is 2.63. The second-order valence-corrected chi connectivity index (χ2v) is 9.02. The van der Waals surface area contributed by atoms with Crippen LogP contribution in [-0.2, 0) is 19.3 Å². The van der Waals surface area contributed by atoms with Crippen LogP contribution in [0.2, 0.25) is 0 Å². The Kier molecular flexibility index (Phi) is 16.6. The minimum Gasteiger partial charge on any atom is -0.726 e. The highest BCUT2D eigenvalue weighted by Crippen LogP contribution is 2.14. The van der Waals surface area contributed by atoms with Crippen molar-refractivity contribution in [3.8, 4) is 0 Å². The number of unbranched alkanes of at least 4 members (excludes halogenated alkanes) is 11. The van der Waals surface area contributed by atoms with Crippen molar-refractivity contribution in [2.24, 2.45) is 0 Å². The van der Waals surface area contributed by atoms with Crippen molar-refractivity contribution < 1.29 is 26.4 Å². The Morgan fingerprint density at radius 3 is 1.59 bits per heavy atom. The lowest BCUT2D eigenvalue weighted by Crippen LogP contribution is -2.52. The van der Waals surface area contributed by atoms with Crippen LogP contribution in [0.15, 0.2) is 0 Å². The number of hydrogen-bond acceptors (Lipinski definition) is 5. The number of rotatable bonds is 14. The van der Waals surface area contributed by atoms with Gasteiger partial charge in [0, 0.05) is 0 Å². The smallest absolute Gasteiger partial charge is 0.217 e. The van der Waals surface area contributed by atoms with Gasteiger partial charge in [-0.05, 0) is 12.8 Å². The Bertz CT molecular complexity index is 422. The van der Waals surface area contributed by atoms with Crippen LogP contribution >= 0.6 is 0 Å². The van der Waals surface area contributed by atoms with Gasteiger partial charge in [0.2, 0.25) is 10.4 Å². The van der Waals surface area contributed by atoms with Crippen molar-refractivity contribution in [1.82, 2.24) is 0 Å². The minimum absolute atomic E-state index is 0.808. The average molecular weight is 410 g/mol. The number of morpholine rings is 1. The molecule has 0 N–H and O–H groups in total. The summed E-state index contributed by atoms with van der Waals surface area (Å²) >= 11 is 0. The summed E-state index contributed by atoms with van der Waals surface area (Å²) in [6.07, 6.45) is 17.4. The van der Waals surface area contributed by atoms with Gasteiger partial charge in [0.05, 0.1) is 33.9 Å². The third-order valence-electron chi connectivity index (χ3n) is 5.31. The summed E-state index contributed by atoms with van der Waals surface area (Å²) in [6, 6.07) is 0. The molecule has 27 heavy (non-hydrogen) atoms. The lowest BCUT2D eigenvalue weighted by atomic mass is 10.1. The van der Waals surface area contributed by atoms with Crippen molar-refractivity contribution >= 4 is 10.4 Å². The van der Waals surface area contributed by atoms with E-state index < -0.39 is 10.4 Å². The Balaban J connectivity index is 0.000000972. The molecule has 0 aromatic rings. The maximum Gasteiger partial charge on any atom is 0.217 e. The fraction of sp³-hybridized carbons (Fsp3) is 1.00. The Morgan fingerprint density at radius 2 is 1.22 bits per heavy atom. The maximum atomic E-state index is 9.22. The van der Waals surface area contributed by atoms with Gasteiger partial charge in [0.1, 0.15) is 13.1 Å². The molecule has 1 aliphatic heterocycles. The molecule has 0 radical (unpaired) electrons. The highest BCUT2D eigenvalue weighted by atomic mass is 32.3. The Hall–Kier alpha value is -0.210. The molecule has 1 heterocycles. The van der Waals surface area contributed by atoms with Gasteiger partial charge in [-0.3, -0.25) is 4.18 Å². The molecule has 6 nitrogen and oxygen atoms in total. The second kappa shape index (κ2) is 16.7. The predicted octanol–water partition coefficient (Wildman–Crippen LogP) is 4.26. The molecule has 0 aromatic carbocycles. The zero-order chi connectivity index (χ0) is 20.4. The first kappa shape index (κ1) is 26.8. The molecule has 1 aliphatic rings. The van der Waals surface area contributed by atoms with E-state index in [1.165, 1.54) is 101 Å². The first-order valence-corrected chi connectivity index (χ1v) is 12.1.